The van der Waals surface area contributed by atoms with Crippen LogP contribution in [-0.4, -0.2) is 10.1 Å². The Hall–Kier alpha value is -0.910. The highest BCUT2D eigenvalue weighted by Crippen LogP contribution is 2.20. The minimum absolute atomic E-state index is 0.541. The average Bonchev–Trinajstić information content (AvgIpc) is 2.69. The first-order valence-corrected chi connectivity index (χ1v) is 6.26. The molecule has 0 unspecified atom stereocenters. The second kappa shape index (κ2) is 5.62. The van der Waals surface area contributed by atoms with Crippen LogP contribution >= 0.6 is 27.5 Å². The predicted molar refractivity (Wildman–Crippen MR) is 68.7 cm³/mol. The summed E-state index contributed by atoms with van der Waals surface area (Å²) in [6, 6.07) is 5.68. The third-order valence-electron chi connectivity index (χ3n) is 2.17. The fourth-order valence-electron chi connectivity index (χ4n) is 1.39. The molecule has 0 radical (unpaired) electrons. The van der Waals surface area contributed by atoms with Crippen molar-refractivity contribution in [3.05, 3.63) is 45.0 Å². The highest BCUT2D eigenvalue weighted by Gasteiger charge is 2.04. The Morgan fingerprint density at radius 2 is 2.24 bits per heavy atom. The highest BCUT2D eigenvalue weighted by molar-refractivity contribution is 9.10. The molecule has 4 nitrogen and oxygen atoms in total. The van der Waals surface area contributed by atoms with Crippen molar-refractivity contribution in [1.29, 1.82) is 0 Å². The van der Waals surface area contributed by atoms with E-state index in [2.05, 4.69) is 31.4 Å². The number of rotatable bonds is 4. The SMILES string of the molecule is Cc1noc(CNCc2cc(Cl)ccc2Br)n1. The largest absolute Gasteiger partial charge is 0.338 e. The second-order valence-corrected chi connectivity index (χ2v) is 4.87. The summed E-state index contributed by atoms with van der Waals surface area (Å²) >= 11 is 9.40. The molecule has 1 aromatic heterocycles. The molecule has 0 saturated heterocycles. The van der Waals surface area contributed by atoms with E-state index in [0.29, 0.717) is 24.8 Å². The molecule has 0 saturated carbocycles. The van der Waals surface area contributed by atoms with Crippen LogP contribution in [0, 0.1) is 6.92 Å². The summed E-state index contributed by atoms with van der Waals surface area (Å²) in [5, 5.41) is 7.65. The monoisotopic (exact) mass is 315 g/mol. The van der Waals surface area contributed by atoms with Gasteiger partial charge in [0.15, 0.2) is 5.82 Å². The molecule has 0 atom stereocenters. The molecule has 0 amide bonds. The van der Waals surface area contributed by atoms with Crippen molar-refractivity contribution < 1.29 is 4.52 Å². The van der Waals surface area contributed by atoms with Crippen LogP contribution in [0.3, 0.4) is 0 Å². The number of halogens is 2. The number of nitrogens with one attached hydrogen (secondary N) is 1. The summed E-state index contributed by atoms with van der Waals surface area (Å²) in [4.78, 5) is 4.10. The molecule has 0 aliphatic carbocycles. The molecule has 6 heteroatoms. The number of aryl methyl sites for hydroxylation is 1. The van der Waals surface area contributed by atoms with Crippen LogP contribution in [0.1, 0.15) is 17.3 Å². The second-order valence-electron chi connectivity index (χ2n) is 3.57. The molecule has 0 bridgehead atoms. The molecule has 2 aromatic rings. The third-order valence-corrected chi connectivity index (χ3v) is 3.18. The fraction of sp³-hybridized carbons (Fsp3) is 0.273. The first kappa shape index (κ1) is 12.5. The summed E-state index contributed by atoms with van der Waals surface area (Å²) in [7, 11) is 0. The zero-order chi connectivity index (χ0) is 12.3. The summed E-state index contributed by atoms with van der Waals surface area (Å²) in [5.41, 5.74) is 1.09. The molecule has 0 spiro atoms. The molecular weight excluding hydrogens is 305 g/mol. The van der Waals surface area contributed by atoms with Gasteiger partial charge >= 0.3 is 0 Å². The number of nitrogens with zero attached hydrogens (tertiary/aromatic N) is 2. The van der Waals surface area contributed by atoms with Crippen molar-refractivity contribution >= 4 is 27.5 Å². The van der Waals surface area contributed by atoms with E-state index in [4.69, 9.17) is 16.1 Å². The van der Waals surface area contributed by atoms with Gasteiger partial charge in [-0.15, -0.1) is 0 Å². The van der Waals surface area contributed by atoms with Gasteiger partial charge in [0.25, 0.3) is 0 Å². The van der Waals surface area contributed by atoms with E-state index in [9.17, 15) is 0 Å². The van der Waals surface area contributed by atoms with E-state index in [1.807, 2.05) is 18.2 Å². The fourth-order valence-corrected chi connectivity index (χ4v) is 1.98. The minimum Gasteiger partial charge on any atom is -0.338 e. The molecule has 0 fully saturated rings. The lowest BCUT2D eigenvalue weighted by Gasteiger charge is -2.05. The number of hydrogen-bond acceptors (Lipinski definition) is 4. The van der Waals surface area contributed by atoms with E-state index in [1.54, 1.807) is 6.92 Å². The van der Waals surface area contributed by atoms with Gasteiger partial charge in [0, 0.05) is 16.0 Å². The molecule has 2 rings (SSSR count). The third kappa shape index (κ3) is 3.52. The van der Waals surface area contributed by atoms with E-state index < -0.39 is 0 Å². The van der Waals surface area contributed by atoms with Crippen molar-refractivity contribution in [2.75, 3.05) is 0 Å². The maximum Gasteiger partial charge on any atom is 0.240 e. The summed E-state index contributed by atoms with van der Waals surface area (Å²) in [6.07, 6.45) is 0. The molecule has 0 aliphatic rings. The Morgan fingerprint density at radius 1 is 1.41 bits per heavy atom. The van der Waals surface area contributed by atoms with Gasteiger partial charge in [0.2, 0.25) is 5.89 Å². The molecule has 17 heavy (non-hydrogen) atoms. The van der Waals surface area contributed by atoms with E-state index >= 15 is 0 Å². The van der Waals surface area contributed by atoms with Crippen LogP contribution in [0.25, 0.3) is 0 Å². The van der Waals surface area contributed by atoms with Crippen molar-refractivity contribution in [3.63, 3.8) is 0 Å². The van der Waals surface area contributed by atoms with E-state index in [-0.39, 0.29) is 0 Å². The smallest absolute Gasteiger partial charge is 0.240 e. The lowest BCUT2D eigenvalue weighted by atomic mass is 10.2. The van der Waals surface area contributed by atoms with Crippen LogP contribution < -0.4 is 5.32 Å². The maximum absolute atomic E-state index is 5.93. The molecule has 1 heterocycles. The Morgan fingerprint density at radius 3 is 2.94 bits per heavy atom. The van der Waals surface area contributed by atoms with Crippen LogP contribution in [-0.2, 0) is 13.1 Å². The van der Waals surface area contributed by atoms with Crippen molar-refractivity contribution in [2.24, 2.45) is 0 Å². The molecular formula is C11H11BrClN3O. The first-order valence-electron chi connectivity index (χ1n) is 5.09. The van der Waals surface area contributed by atoms with E-state index in [1.165, 1.54) is 0 Å². The van der Waals surface area contributed by atoms with Crippen LogP contribution in [0.2, 0.25) is 5.02 Å². The van der Waals surface area contributed by atoms with Crippen molar-refractivity contribution in [2.45, 2.75) is 20.0 Å². The average molecular weight is 317 g/mol. The van der Waals surface area contributed by atoms with Crippen LogP contribution in [0.5, 0.6) is 0 Å². The Bertz CT molecular complexity index is 515. The van der Waals surface area contributed by atoms with Crippen LogP contribution in [0.15, 0.2) is 27.2 Å². The van der Waals surface area contributed by atoms with Crippen LogP contribution in [0.4, 0.5) is 0 Å². The van der Waals surface area contributed by atoms with Gasteiger partial charge in [0.1, 0.15) is 0 Å². The minimum atomic E-state index is 0.541. The Kier molecular flexibility index (Phi) is 4.15. The predicted octanol–water partition coefficient (Wildman–Crippen LogP) is 3.08. The number of benzene rings is 1. The molecule has 1 aromatic carbocycles. The topological polar surface area (TPSA) is 51.0 Å². The lowest BCUT2D eigenvalue weighted by Crippen LogP contribution is -2.13. The summed E-state index contributed by atoms with van der Waals surface area (Å²) in [5.74, 6) is 1.23. The van der Waals surface area contributed by atoms with Gasteiger partial charge in [-0.25, -0.2) is 0 Å². The quantitative estimate of drug-likeness (QED) is 0.942. The number of aromatic nitrogens is 2. The van der Waals surface area contributed by atoms with Gasteiger partial charge in [-0.05, 0) is 30.7 Å². The van der Waals surface area contributed by atoms with Crippen molar-refractivity contribution in [1.82, 2.24) is 15.5 Å². The zero-order valence-corrected chi connectivity index (χ0v) is 11.5. The summed E-state index contributed by atoms with van der Waals surface area (Å²) < 4.78 is 6.02. The normalized spacial score (nSPS) is 10.8. The summed E-state index contributed by atoms with van der Waals surface area (Å²) in [6.45, 7) is 3.02. The lowest BCUT2D eigenvalue weighted by molar-refractivity contribution is 0.364. The van der Waals surface area contributed by atoms with Crippen molar-refractivity contribution in [3.8, 4) is 0 Å². The Labute approximate surface area is 112 Å². The zero-order valence-electron chi connectivity index (χ0n) is 9.20. The van der Waals surface area contributed by atoms with E-state index in [0.717, 1.165) is 15.1 Å². The first-order chi connectivity index (χ1) is 8.15. The van der Waals surface area contributed by atoms with Gasteiger partial charge in [-0.3, -0.25) is 0 Å². The molecule has 90 valence electrons. The van der Waals surface area contributed by atoms with Gasteiger partial charge in [-0.1, -0.05) is 32.7 Å². The van der Waals surface area contributed by atoms with Gasteiger partial charge < -0.3 is 9.84 Å². The molecule has 0 aliphatic heterocycles. The van der Waals surface area contributed by atoms with Gasteiger partial charge in [-0.2, -0.15) is 4.98 Å². The maximum atomic E-state index is 5.93. The van der Waals surface area contributed by atoms with Gasteiger partial charge in [0.05, 0.1) is 6.54 Å². The Balaban J connectivity index is 1.91. The number of hydrogen-bond donors (Lipinski definition) is 1. The standard InChI is InChI=1S/C11H11BrClN3O/c1-7-15-11(17-16-7)6-14-5-8-4-9(13)2-3-10(8)12/h2-4,14H,5-6H2,1H3. The highest BCUT2D eigenvalue weighted by atomic mass is 79.9. The molecule has 1 N–H and O–H groups in total.